The highest BCUT2D eigenvalue weighted by molar-refractivity contribution is 5.78. The number of piperidine rings is 1. The van der Waals surface area contributed by atoms with Crippen molar-refractivity contribution in [3.63, 3.8) is 0 Å². The van der Waals surface area contributed by atoms with Crippen molar-refractivity contribution in [1.82, 2.24) is 9.97 Å². The van der Waals surface area contributed by atoms with E-state index in [4.69, 9.17) is 4.74 Å². The van der Waals surface area contributed by atoms with Crippen molar-refractivity contribution in [2.75, 3.05) is 18.1 Å². The van der Waals surface area contributed by atoms with Crippen LogP contribution in [0.1, 0.15) is 39.5 Å². The number of ether oxygens (including phenoxy) is 1. The lowest BCUT2D eigenvalue weighted by atomic mass is 9.89. The fraction of sp³-hybridized carbons (Fsp3) is 0.667. The van der Waals surface area contributed by atoms with E-state index in [2.05, 4.69) is 16.9 Å². The first kappa shape index (κ1) is 15.5. The number of aromatic nitrogens is 2. The van der Waals surface area contributed by atoms with E-state index in [0.29, 0.717) is 37.2 Å². The average Bonchev–Trinajstić information content (AvgIpc) is 2.52. The zero-order valence-corrected chi connectivity index (χ0v) is 12.7. The molecule has 6 nitrogen and oxygen atoms in total. The second-order valence-electron chi connectivity index (χ2n) is 5.41. The smallest absolute Gasteiger partial charge is 0.326 e. The molecule has 2 unspecified atom stereocenters. The molecule has 0 aromatic carbocycles. The average molecular weight is 293 g/mol. The second kappa shape index (κ2) is 7.24. The molecule has 1 aromatic heterocycles. The van der Waals surface area contributed by atoms with Crippen molar-refractivity contribution in [2.45, 2.75) is 45.6 Å². The van der Waals surface area contributed by atoms with Gasteiger partial charge in [-0.1, -0.05) is 20.3 Å². The monoisotopic (exact) mass is 293 g/mol. The summed E-state index contributed by atoms with van der Waals surface area (Å²) in [4.78, 5) is 21.7. The highest BCUT2D eigenvalue weighted by Crippen LogP contribution is 2.29. The maximum atomic E-state index is 11.5. The molecule has 1 N–H and O–H groups in total. The molecule has 0 bridgehead atoms. The fourth-order valence-electron chi connectivity index (χ4n) is 2.69. The molecule has 1 fully saturated rings. The minimum Gasteiger partial charge on any atom is -0.480 e. The molecule has 21 heavy (non-hydrogen) atoms. The van der Waals surface area contributed by atoms with Crippen LogP contribution in [0.2, 0.25) is 0 Å². The molecule has 116 valence electrons. The molecule has 2 heterocycles. The van der Waals surface area contributed by atoms with Crippen LogP contribution >= 0.6 is 0 Å². The van der Waals surface area contributed by atoms with Gasteiger partial charge in [-0.15, -0.1) is 0 Å². The van der Waals surface area contributed by atoms with Gasteiger partial charge < -0.3 is 14.7 Å². The Morgan fingerprint density at radius 1 is 1.48 bits per heavy atom. The van der Waals surface area contributed by atoms with E-state index in [1.54, 1.807) is 6.07 Å². The van der Waals surface area contributed by atoms with Crippen LogP contribution in [0.5, 0.6) is 5.88 Å². The Morgan fingerprint density at radius 3 is 2.95 bits per heavy atom. The van der Waals surface area contributed by atoms with Crippen molar-refractivity contribution in [3.05, 3.63) is 12.4 Å². The number of carboxylic acids is 1. The van der Waals surface area contributed by atoms with Crippen LogP contribution in [-0.2, 0) is 4.79 Å². The normalized spacial score (nSPS) is 22.1. The number of hydrogen-bond donors (Lipinski definition) is 1. The zero-order chi connectivity index (χ0) is 15.2. The maximum absolute atomic E-state index is 11.5. The predicted octanol–water partition coefficient (Wildman–Crippen LogP) is 2.34. The van der Waals surface area contributed by atoms with Crippen LogP contribution < -0.4 is 9.64 Å². The van der Waals surface area contributed by atoms with Crippen LogP contribution in [-0.4, -0.2) is 40.2 Å². The topological polar surface area (TPSA) is 75.5 Å². The van der Waals surface area contributed by atoms with Gasteiger partial charge in [-0.05, 0) is 25.2 Å². The van der Waals surface area contributed by atoms with E-state index in [1.807, 2.05) is 11.8 Å². The molecule has 0 spiro atoms. The van der Waals surface area contributed by atoms with Gasteiger partial charge in [-0.3, -0.25) is 0 Å². The van der Waals surface area contributed by atoms with E-state index in [0.717, 1.165) is 19.3 Å². The van der Waals surface area contributed by atoms with Crippen LogP contribution in [0.4, 0.5) is 5.82 Å². The largest absolute Gasteiger partial charge is 0.480 e. The van der Waals surface area contributed by atoms with Gasteiger partial charge in [0.1, 0.15) is 18.2 Å². The van der Waals surface area contributed by atoms with Crippen LogP contribution in [0.25, 0.3) is 0 Å². The summed E-state index contributed by atoms with van der Waals surface area (Å²) in [5.74, 6) is 0.824. The van der Waals surface area contributed by atoms with Gasteiger partial charge in [0.25, 0.3) is 0 Å². The number of hydrogen-bond acceptors (Lipinski definition) is 5. The molecule has 0 radical (unpaired) electrons. The lowest BCUT2D eigenvalue weighted by molar-refractivity contribution is -0.139. The Morgan fingerprint density at radius 2 is 2.29 bits per heavy atom. The van der Waals surface area contributed by atoms with E-state index >= 15 is 0 Å². The number of anilines is 1. The molecular weight excluding hydrogens is 270 g/mol. The van der Waals surface area contributed by atoms with E-state index in [-0.39, 0.29) is 0 Å². The third kappa shape index (κ3) is 3.83. The summed E-state index contributed by atoms with van der Waals surface area (Å²) in [6.07, 6.45) is 5.02. The molecular formula is C15H23N3O3. The van der Waals surface area contributed by atoms with E-state index in [9.17, 15) is 9.90 Å². The highest BCUT2D eigenvalue weighted by Gasteiger charge is 2.33. The Bertz CT molecular complexity index is 481. The third-order valence-corrected chi connectivity index (χ3v) is 3.95. The first-order valence-corrected chi connectivity index (χ1v) is 7.60. The summed E-state index contributed by atoms with van der Waals surface area (Å²) in [6, 6.07) is 1.22. The standard InChI is InChI=1S/C15H23N3O3/c1-3-7-21-14-9-13(16-10-17-14)18-6-5-11(4-2)8-12(18)15(19)20/h9-12H,3-8H2,1-2H3,(H,19,20). The van der Waals surface area contributed by atoms with Crippen molar-refractivity contribution in [3.8, 4) is 5.88 Å². The van der Waals surface area contributed by atoms with E-state index in [1.165, 1.54) is 6.33 Å². The maximum Gasteiger partial charge on any atom is 0.326 e. The Kier molecular flexibility index (Phi) is 5.36. The Labute approximate surface area is 125 Å². The molecule has 2 rings (SSSR count). The van der Waals surface area contributed by atoms with Gasteiger partial charge >= 0.3 is 5.97 Å². The molecule has 0 amide bonds. The zero-order valence-electron chi connectivity index (χ0n) is 12.7. The molecule has 0 saturated carbocycles. The minimum absolute atomic E-state index is 0.472. The quantitative estimate of drug-likeness (QED) is 0.867. The van der Waals surface area contributed by atoms with Gasteiger partial charge in [-0.25, -0.2) is 14.8 Å². The van der Waals surface area contributed by atoms with Gasteiger partial charge in [0, 0.05) is 12.6 Å². The van der Waals surface area contributed by atoms with Crippen molar-refractivity contribution < 1.29 is 14.6 Å². The summed E-state index contributed by atoms with van der Waals surface area (Å²) in [6.45, 7) is 5.44. The first-order valence-electron chi connectivity index (χ1n) is 7.60. The van der Waals surface area contributed by atoms with Crippen LogP contribution in [0.15, 0.2) is 12.4 Å². The summed E-state index contributed by atoms with van der Waals surface area (Å²) >= 11 is 0. The lowest BCUT2D eigenvalue weighted by Gasteiger charge is -2.37. The molecule has 1 aliphatic heterocycles. The highest BCUT2D eigenvalue weighted by atomic mass is 16.5. The Hall–Kier alpha value is -1.85. The molecule has 2 atom stereocenters. The fourth-order valence-corrected chi connectivity index (χ4v) is 2.69. The summed E-state index contributed by atoms with van der Waals surface area (Å²) in [7, 11) is 0. The summed E-state index contributed by atoms with van der Waals surface area (Å²) in [5.41, 5.74) is 0. The lowest BCUT2D eigenvalue weighted by Crippen LogP contribution is -2.47. The number of aliphatic carboxylic acids is 1. The molecule has 1 saturated heterocycles. The molecule has 1 aliphatic rings. The molecule has 1 aromatic rings. The summed E-state index contributed by atoms with van der Waals surface area (Å²) in [5, 5.41) is 9.48. The second-order valence-corrected chi connectivity index (χ2v) is 5.41. The summed E-state index contributed by atoms with van der Waals surface area (Å²) < 4.78 is 5.50. The van der Waals surface area contributed by atoms with Gasteiger partial charge in [0.05, 0.1) is 6.61 Å². The number of carbonyl (C=O) groups is 1. The molecule has 6 heteroatoms. The van der Waals surface area contributed by atoms with Gasteiger partial charge in [-0.2, -0.15) is 0 Å². The number of carboxylic acid groups (broad SMARTS) is 1. The van der Waals surface area contributed by atoms with Crippen LogP contribution in [0.3, 0.4) is 0 Å². The SMILES string of the molecule is CCCOc1cc(N2CCC(CC)CC2C(=O)O)ncn1. The van der Waals surface area contributed by atoms with Gasteiger partial charge in [0.15, 0.2) is 0 Å². The number of nitrogens with zero attached hydrogens (tertiary/aromatic N) is 3. The van der Waals surface area contributed by atoms with Crippen molar-refractivity contribution >= 4 is 11.8 Å². The van der Waals surface area contributed by atoms with E-state index < -0.39 is 12.0 Å². The number of rotatable bonds is 6. The van der Waals surface area contributed by atoms with Crippen LogP contribution in [0, 0.1) is 5.92 Å². The Balaban J connectivity index is 2.16. The first-order chi connectivity index (χ1) is 10.2. The van der Waals surface area contributed by atoms with Crippen molar-refractivity contribution in [1.29, 1.82) is 0 Å². The minimum atomic E-state index is -0.789. The van der Waals surface area contributed by atoms with Gasteiger partial charge in [0.2, 0.25) is 5.88 Å². The predicted molar refractivity (Wildman–Crippen MR) is 79.6 cm³/mol. The van der Waals surface area contributed by atoms with Crippen molar-refractivity contribution in [2.24, 2.45) is 5.92 Å². The molecule has 0 aliphatic carbocycles. The third-order valence-electron chi connectivity index (χ3n) is 3.95.